The predicted molar refractivity (Wildman–Crippen MR) is 87.2 cm³/mol. The fourth-order valence-corrected chi connectivity index (χ4v) is 3.50. The minimum atomic E-state index is -0.230. The van der Waals surface area contributed by atoms with E-state index in [1.165, 1.54) is 12.7 Å². The van der Waals surface area contributed by atoms with Gasteiger partial charge in [0.25, 0.3) is 11.8 Å². The Morgan fingerprint density at radius 2 is 1.87 bits per heavy atom. The smallest absolute Gasteiger partial charge is 0.272 e. The molecule has 0 spiro atoms. The molecule has 23 heavy (non-hydrogen) atoms. The van der Waals surface area contributed by atoms with E-state index in [-0.39, 0.29) is 23.6 Å². The lowest BCUT2D eigenvalue weighted by atomic mass is 9.95. The average molecular weight is 318 g/mol. The first-order valence-corrected chi connectivity index (χ1v) is 8.78. The number of carbonyl (C=O) groups is 2. The Morgan fingerprint density at radius 1 is 1.17 bits per heavy atom. The molecule has 0 unspecified atom stereocenters. The van der Waals surface area contributed by atoms with Gasteiger partial charge in [0, 0.05) is 19.1 Å². The first-order chi connectivity index (χ1) is 11.1. The second kappa shape index (κ2) is 7.15. The van der Waals surface area contributed by atoms with Crippen LogP contribution in [0.5, 0.6) is 0 Å². The van der Waals surface area contributed by atoms with Crippen LogP contribution in [0.25, 0.3) is 0 Å². The van der Waals surface area contributed by atoms with Crippen LogP contribution in [0.2, 0.25) is 0 Å². The number of likely N-dealkylation sites (tertiary alicyclic amines) is 1. The lowest BCUT2D eigenvalue weighted by Crippen LogP contribution is -2.40. The molecule has 1 saturated heterocycles. The first kappa shape index (κ1) is 16.0. The molecule has 0 bridgehead atoms. The number of piperidine rings is 1. The molecule has 6 heteroatoms. The van der Waals surface area contributed by atoms with Crippen LogP contribution in [-0.2, 0) is 0 Å². The molecular weight excluding hydrogens is 292 g/mol. The van der Waals surface area contributed by atoms with Crippen molar-refractivity contribution in [3.05, 3.63) is 17.7 Å². The summed E-state index contributed by atoms with van der Waals surface area (Å²) in [5, 5.41) is 3.03. The third-order valence-electron chi connectivity index (χ3n) is 5.08. The van der Waals surface area contributed by atoms with E-state index in [2.05, 4.69) is 22.2 Å². The van der Waals surface area contributed by atoms with Gasteiger partial charge in [-0.2, -0.15) is 0 Å². The van der Waals surface area contributed by atoms with E-state index in [9.17, 15) is 9.59 Å². The van der Waals surface area contributed by atoms with Crippen molar-refractivity contribution in [3.63, 3.8) is 0 Å². The molecule has 2 N–H and O–H groups in total. The fraction of sp³-hybridized carbons (Fsp3) is 0.706. The zero-order chi connectivity index (χ0) is 16.2. The van der Waals surface area contributed by atoms with Gasteiger partial charge in [0.05, 0.1) is 6.33 Å². The number of hydrogen-bond acceptors (Lipinski definition) is 3. The van der Waals surface area contributed by atoms with Crippen molar-refractivity contribution in [2.45, 2.75) is 57.9 Å². The number of aromatic nitrogens is 2. The maximum absolute atomic E-state index is 12.7. The Morgan fingerprint density at radius 3 is 2.57 bits per heavy atom. The van der Waals surface area contributed by atoms with Gasteiger partial charge < -0.3 is 15.2 Å². The van der Waals surface area contributed by atoms with Crippen molar-refractivity contribution < 1.29 is 9.59 Å². The first-order valence-electron chi connectivity index (χ1n) is 8.78. The van der Waals surface area contributed by atoms with Gasteiger partial charge in [0.15, 0.2) is 5.69 Å². The standard InChI is InChI=1S/C17H26N4O2/c1-12-7-9-21(10-8-12)17(23)15-14(18-11-19-15)16(22)20-13-5-3-2-4-6-13/h11-13H,2-10H2,1H3,(H,18,19)(H,20,22). The van der Waals surface area contributed by atoms with E-state index in [0.717, 1.165) is 51.6 Å². The Hall–Kier alpha value is -1.85. The van der Waals surface area contributed by atoms with Gasteiger partial charge in [0.2, 0.25) is 0 Å². The van der Waals surface area contributed by atoms with E-state index < -0.39 is 0 Å². The number of carbonyl (C=O) groups excluding carboxylic acids is 2. The number of aromatic amines is 1. The van der Waals surface area contributed by atoms with Crippen molar-refractivity contribution in [3.8, 4) is 0 Å². The van der Waals surface area contributed by atoms with Crippen LogP contribution < -0.4 is 5.32 Å². The highest BCUT2D eigenvalue weighted by Crippen LogP contribution is 2.20. The van der Waals surface area contributed by atoms with E-state index in [1.54, 1.807) is 0 Å². The normalized spacial score (nSPS) is 20.5. The third kappa shape index (κ3) is 3.74. The summed E-state index contributed by atoms with van der Waals surface area (Å²) in [6.45, 7) is 3.71. The summed E-state index contributed by atoms with van der Waals surface area (Å²) in [6, 6.07) is 0.215. The second-order valence-corrected chi connectivity index (χ2v) is 6.91. The molecule has 6 nitrogen and oxygen atoms in total. The zero-order valence-corrected chi connectivity index (χ0v) is 13.8. The molecular formula is C17H26N4O2. The number of hydrogen-bond donors (Lipinski definition) is 2. The monoisotopic (exact) mass is 318 g/mol. The van der Waals surface area contributed by atoms with Crippen molar-refractivity contribution in [1.82, 2.24) is 20.2 Å². The van der Waals surface area contributed by atoms with Crippen molar-refractivity contribution in [1.29, 1.82) is 0 Å². The molecule has 1 aliphatic heterocycles. The van der Waals surface area contributed by atoms with E-state index in [0.29, 0.717) is 11.6 Å². The number of nitrogens with one attached hydrogen (secondary N) is 2. The Balaban J connectivity index is 1.66. The van der Waals surface area contributed by atoms with Gasteiger partial charge in [-0.25, -0.2) is 4.98 Å². The molecule has 0 radical (unpaired) electrons. The molecule has 1 aromatic heterocycles. The SMILES string of the molecule is CC1CCN(C(=O)c2[nH]cnc2C(=O)NC2CCCCC2)CC1. The highest BCUT2D eigenvalue weighted by Gasteiger charge is 2.28. The summed E-state index contributed by atoms with van der Waals surface area (Å²) >= 11 is 0. The van der Waals surface area contributed by atoms with Crippen molar-refractivity contribution >= 4 is 11.8 Å². The second-order valence-electron chi connectivity index (χ2n) is 6.91. The van der Waals surface area contributed by atoms with E-state index >= 15 is 0 Å². The highest BCUT2D eigenvalue weighted by atomic mass is 16.2. The van der Waals surface area contributed by atoms with Crippen LogP contribution in [-0.4, -0.2) is 45.8 Å². The van der Waals surface area contributed by atoms with Gasteiger partial charge in [-0.05, 0) is 31.6 Å². The minimum Gasteiger partial charge on any atom is -0.348 e. The molecule has 2 heterocycles. The van der Waals surface area contributed by atoms with Crippen LogP contribution in [0.15, 0.2) is 6.33 Å². The topological polar surface area (TPSA) is 78.1 Å². The van der Waals surface area contributed by atoms with Crippen LogP contribution >= 0.6 is 0 Å². The van der Waals surface area contributed by atoms with Crippen LogP contribution in [0.3, 0.4) is 0 Å². The number of H-pyrrole nitrogens is 1. The average Bonchev–Trinajstić information content (AvgIpc) is 3.05. The van der Waals surface area contributed by atoms with Crippen LogP contribution in [0, 0.1) is 5.92 Å². The van der Waals surface area contributed by atoms with Gasteiger partial charge >= 0.3 is 0 Å². The summed E-state index contributed by atoms with van der Waals surface area (Å²) in [7, 11) is 0. The number of imidazole rings is 1. The highest BCUT2D eigenvalue weighted by molar-refractivity contribution is 6.04. The number of amides is 2. The summed E-state index contributed by atoms with van der Waals surface area (Å²) < 4.78 is 0. The van der Waals surface area contributed by atoms with E-state index in [1.807, 2.05) is 4.90 Å². The molecule has 2 amide bonds. The molecule has 1 aliphatic carbocycles. The number of rotatable bonds is 3. The summed E-state index contributed by atoms with van der Waals surface area (Å²) in [6.07, 6.45) is 9.06. The molecule has 0 atom stereocenters. The lowest BCUT2D eigenvalue weighted by molar-refractivity contribution is 0.0685. The van der Waals surface area contributed by atoms with Crippen LogP contribution in [0.4, 0.5) is 0 Å². The Kier molecular flexibility index (Phi) is 4.98. The summed E-state index contributed by atoms with van der Waals surface area (Å²) in [5.74, 6) is 0.324. The quantitative estimate of drug-likeness (QED) is 0.898. The molecule has 1 aromatic rings. The van der Waals surface area contributed by atoms with E-state index in [4.69, 9.17) is 0 Å². The molecule has 1 saturated carbocycles. The third-order valence-corrected chi connectivity index (χ3v) is 5.08. The molecule has 2 aliphatic rings. The Labute approximate surface area is 137 Å². The molecule has 126 valence electrons. The largest absolute Gasteiger partial charge is 0.348 e. The summed E-state index contributed by atoms with van der Waals surface area (Å²) in [5.41, 5.74) is 0.562. The molecule has 3 rings (SSSR count). The molecule has 0 aromatic carbocycles. The van der Waals surface area contributed by atoms with Gasteiger partial charge in [-0.3, -0.25) is 9.59 Å². The van der Waals surface area contributed by atoms with Crippen molar-refractivity contribution in [2.75, 3.05) is 13.1 Å². The zero-order valence-electron chi connectivity index (χ0n) is 13.8. The van der Waals surface area contributed by atoms with Gasteiger partial charge in [-0.15, -0.1) is 0 Å². The molecule has 2 fully saturated rings. The minimum absolute atomic E-state index is 0.108. The summed E-state index contributed by atoms with van der Waals surface area (Å²) in [4.78, 5) is 33.9. The van der Waals surface area contributed by atoms with Crippen molar-refractivity contribution in [2.24, 2.45) is 5.92 Å². The van der Waals surface area contributed by atoms with Crippen LogP contribution in [0.1, 0.15) is 72.8 Å². The lowest BCUT2D eigenvalue weighted by Gasteiger charge is -2.30. The maximum atomic E-state index is 12.7. The van der Waals surface area contributed by atoms with Gasteiger partial charge in [-0.1, -0.05) is 26.2 Å². The van der Waals surface area contributed by atoms with Gasteiger partial charge in [0.1, 0.15) is 5.69 Å². The fourth-order valence-electron chi connectivity index (χ4n) is 3.50. The Bertz CT molecular complexity index is 555. The number of nitrogens with zero attached hydrogens (tertiary/aromatic N) is 2. The maximum Gasteiger partial charge on any atom is 0.272 e. The predicted octanol–water partition coefficient (Wildman–Crippen LogP) is 2.34.